The van der Waals surface area contributed by atoms with Gasteiger partial charge in [-0.1, -0.05) is 6.92 Å². The van der Waals surface area contributed by atoms with Gasteiger partial charge in [0.1, 0.15) is 5.82 Å². The van der Waals surface area contributed by atoms with Crippen LogP contribution in [0.2, 0.25) is 0 Å². The molecule has 0 radical (unpaired) electrons. The quantitative estimate of drug-likeness (QED) is 0.481. The van der Waals surface area contributed by atoms with E-state index in [1.165, 1.54) is 18.6 Å². The van der Waals surface area contributed by atoms with Gasteiger partial charge >= 0.3 is 0 Å². The lowest BCUT2D eigenvalue weighted by Crippen LogP contribution is -2.62. The molecule has 7 heteroatoms. The van der Waals surface area contributed by atoms with Crippen LogP contribution in [-0.4, -0.2) is 48.2 Å². The molecular formula is C32H45FN2O4. The summed E-state index contributed by atoms with van der Waals surface area (Å²) < 4.78 is 20.0. The Morgan fingerprint density at radius 3 is 2.74 bits per heavy atom. The fraction of sp³-hybridized carbons (Fsp3) is 0.781. The van der Waals surface area contributed by atoms with E-state index in [9.17, 15) is 19.4 Å². The molecule has 214 valence electrons. The number of methoxy groups -OCH3 is 1. The van der Waals surface area contributed by atoms with Gasteiger partial charge in [0, 0.05) is 18.9 Å². The van der Waals surface area contributed by atoms with Crippen molar-refractivity contribution in [2.24, 2.45) is 46.3 Å². The van der Waals surface area contributed by atoms with Crippen molar-refractivity contribution in [2.75, 3.05) is 24.0 Å². The van der Waals surface area contributed by atoms with Crippen LogP contribution in [0.3, 0.4) is 0 Å². The molecule has 1 amide bonds. The number of benzene rings is 1. The highest BCUT2D eigenvalue weighted by molar-refractivity contribution is 5.99. The van der Waals surface area contributed by atoms with Crippen LogP contribution in [0.1, 0.15) is 77.6 Å². The van der Waals surface area contributed by atoms with Crippen LogP contribution in [0.25, 0.3) is 0 Å². The van der Waals surface area contributed by atoms with E-state index in [0.717, 1.165) is 63.5 Å². The molecular weight excluding hydrogens is 495 g/mol. The van der Waals surface area contributed by atoms with Crippen LogP contribution in [0.4, 0.5) is 15.8 Å². The Morgan fingerprint density at radius 2 is 1.92 bits per heavy atom. The SMILES string of the molecule is CO[C@H]1C[C@H]2[C@@H]([C@H](O)C[C@@H]3C[C@H](O)CC[C@@]32C)[C@@H]2CC[C@@H]3[C@@H](CCC(=O)N4CNc5cc(F)ccc54)CC[C@@]132. The van der Waals surface area contributed by atoms with Gasteiger partial charge in [-0.05, 0) is 123 Å². The molecule has 5 saturated carbocycles. The molecule has 11 atom stereocenters. The maximum atomic E-state index is 13.6. The van der Waals surface area contributed by atoms with E-state index in [1.54, 1.807) is 11.0 Å². The number of nitrogens with one attached hydrogen (secondary N) is 1. The number of aliphatic hydroxyl groups excluding tert-OH is 2. The molecule has 39 heavy (non-hydrogen) atoms. The van der Waals surface area contributed by atoms with Gasteiger partial charge in [-0.3, -0.25) is 9.69 Å². The minimum absolute atomic E-state index is 0.108. The van der Waals surface area contributed by atoms with Crippen LogP contribution in [0, 0.1) is 52.2 Å². The fourth-order valence-corrected chi connectivity index (χ4v) is 11.3. The topological polar surface area (TPSA) is 82.0 Å². The van der Waals surface area contributed by atoms with Crippen LogP contribution in [0.15, 0.2) is 18.2 Å². The number of halogens is 1. The number of hydrogen-bond acceptors (Lipinski definition) is 5. The van der Waals surface area contributed by atoms with Gasteiger partial charge in [-0.15, -0.1) is 0 Å². The third kappa shape index (κ3) is 3.78. The normalized spacial score (nSPS) is 46.1. The van der Waals surface area contributed by atoms with Crippen molar-refractivity contribution in [1.29, 1.82) is 0 Å². The maximum Gasteiger partial charge on any atom is 0.228 e. The van der Waals surface area contributed by atoms with E-state index in [-0.39, 0.29) is 40.9 Å². The lowest BCUT2D eigenvalue weighted by atomic mass is 9.43. The number of ether oxygens (including phenoxy) is 1. The molecule has 1 aromatic carbocycles. The van der Waals surface area contributed by atoms with Gasteiger partial charge in [-0.2, -0.15) is 0 Å². The first kappa shape index (κ1) is 26.2. The van der Waals surface area contributed by atoms with Gasteiger partial charge in [0.25, 0.3) is 0 Å². The second-order valence-electron chi connectivity index (χ2n) is 14.1. The van der Waals surface area contributed by atoms with Gasteiger partial charge < -0.3 is 20.3 Å². The molecule has 6 nitrogen and oxygen atoms in total. The highest BCUT2D eigenvalue weighted by atomic mass is 19.1. The third-order valence-corrected chi connectivity index (χ3v) is 13.0. The van der Waals surface area contributed by atoms with Crippen molar-refractivity contribution in [1.82, 2.24) is 0 Å². The number of nitrogens with zero attached hydrogens (tertiary/aromatic N) is 1. The van der Waals surface area contributed by atoms with Crippen molar-refractivity contribution in [3.8, 4) is 0 Å². The molecule has 1 heterocycles. The highest BCUT2D eigenvalue weighted by Gasteiger charge is 2.69. The zero-order valence-corrected chi connectivity index (χ0v) is 23.4. The molecule has 1 aliphatic heterocycles. The fourth-order valence-electron chi connectivity index (χ4n) is 11.3. The predicted octanol–water partition coefficient (Wildman–Crippen LogP) is 5.33. The Labute approximate surface area is 231 Å². The molecule has 0 unspecified atom stereocenters. The van der Waals surface area contributed by atoms with Crippen LogP contribution in [-0.2, 0) is 9.53 Å². The number of carbonyl (C=O) groups excluding carboxylic acids is 1. The number of amides is 1. The summed E-state index contributed by atoms with van der Waals surface area (Å²) in [7, 11) is 1.90. The number of rotatable bonds is 4. The molecule has 0 aromatic heterocycles. The smallest absolute Gasteiger partial charge is 0.228 e. The van der Waals surface area contributed by atoms with Crippen LogP contribution >= 0.6 is 0 Å². The zero-order chi connectivity index (χ0) is 27.1. The van der Waals surface area contributed by atoms with Crippen molar-refractivity contribution < 1.29 is 24.1 Å². The molecule has 7 rings (SSSR count). The van der Waals surface area contributed by atoms with Crippen LogP contribution < -0.4 is 10.2 Å². The minimum Gasteiger partial charge on any atom is -0.393 e. The molecule has 0 saturated heterocycles. The minimum atomic E-state index is -0.293. The Bertz CT molecular complexity index is 1130. The molecule has 1 spiro atoms. The summed E-state index contributed by atoms with van der Waals surface area (Å²) in [4.78, 5) is 15.0. The molecule has 5 aliphatic carbocycles. The lowest BCUT2D eigenvalue weighted by molar-refractivity contribution is -0.211. The van der Waals surface area contributed by atoms with Crippen molar-refractivity contribution >= 4 is 17.3 Å². The van der Waals surface area contributed by atoms with Gasteiger partial charge in [0.15, 0.2) is 0 Å². The molecule has 3 N–H and O–H groups in total. The van der Waals surface area contributed by atoms with Crippen molar-refractivity contribution in [3.63, 3.8) is 0 Å². The van der Waals surface area contributed by atoms with E-state index in [0.29, 0.717) is 54.3 Å². The number of carbonyl (C=O) groups is 1. The van der Waals surface area contributed by atoms with E-state index in [2.05, 4.69) is 12.2 Å². The first-order valence-electron chi connectivity index (χ1n) is 15.5. The summed E-state index contributed by atoms with van der Waals surface area (Å²) >= 11 is 0. The van der Waals surface area contributed by atoms with Crippen molar-refractivity contribution in [2.45, 2.75) is 95.9 Å². The largest absolute Gasteiger partial charge is 0.393 e. The molecule has 6 aliphatic rings. The number of fused-ring (bicyclic) bond motifs is 5. The Morgan fingerprint density at radius 1 is 1.10 bits per heavy atom. The summed E-state index contributed by atoms with van der Waals surface area (Å²) in [5.74, 6) is 2.52. The Balaban J connectivity index is 1.09. The van der Waals surface area contributed by atoms with Crippen molar-refractivity contribution in [3.05, 3.63) is 24.0 Å². The van der Waals surface area contributed by atoms with Gasteiger partial charge in [-0.25, -0.2) is 4.39 Å². The number of anilines is 2. The highest BCUT2D eigenvalue weighted by Crippen LogP contribution is 2.72. The molecule has 5 fully saturated rings. The first-order valence-corrected chi connectivity index (χ1v) is 15.5. The summed E-state index contributed by atoms with van der Waals surface area (Å²) in [6.45, 7) is 2.86. The second-order valence-corrected chi connectivity index (χ2v) is 14.1. The summed E-state index contributed by atoms with van der Waals surface area (Å²) in [5, 5.41) is 25.2. The standard InChI is InChI=1S/C32H45FN2O4/c1-31-11-10-21(36)13-19(31)14-27(37)30-23-6-5-22-18(9-12-32(22,23)28(39-2)16-24(30)31)3-8-29(38)35-17-34-25-15-20(33)4-7-26(25)35/h4,7,15,18-19,21-24,27-28,30,34,36-37H,3,5-6,8-14,16-17H2,1-2H3/t18-,19-,21+,22+,23-,24-,27+,28-,30-,31-,32+/m0/s1. The van der Waals surface area contributed by atoms with E-state index in [4.69, 9.17) is 4.74 Å². The monoisotopic (exact) mass is 540 g/mol. The van der Waals surface area contributed by atoms with E-state index in [1.807, 2.05) is 7.11 Å². The number of hydrogen-bond donors (Lipinski definition) is 3. The Hall–Kier alpha value is -1.70. The average molecular weight is 541 g/mol. The molecule has 0 bridgehead atoms. The summed E-state index contributed by atoms with van der Waals surface area (Å²) in [5.41, 5.74) is 1.75. The number of aliphatic hydroxyl groups is 2. The summed E-state index contributed by atoms with van der Waals surface area (Å²) in [6.07, 6.45) is 10.3. The van der Waals surface area contributed by atoms with Gasteiger partial charge in [0.2, 0.25) is 5.91 Å². The second kappa shape index (κ2) is 9.42. The van der Waals surface area contributed by atoms with Gasteiger partial charge in [0.05, 0.1) is 36.4 Å². The summed E-state index contributed by atoms with van der Waals surface area (Å²) in [6, 6.07) is 4.58. The average Bonchev–Trinajstić information content (AvgIpc) is 3.60. The third-order valence-electron chi connectivity index (χ3n) is 13.0. The van der Waals surface area contributed by atoms with E-state index >= 15 is 0 Å². The van der Waals surface area contributed by atoms with E-state index < -0.39 is 0 Å². The zero-order valence-electron chi connectivity index (χ0n) is 23.4. The Kier molecular flexibility index (Phi) is 6.33. The molecule has 1 aromatic rings. The van der Waals surface area contributed by atoms with Crippen LogP contribution in [0.5, 0.6) is 0 Å². The maximum absolute atomic E-state index is 13.6. The predicted molar refractivity (Wildman–Crippen MR) is 147 cm³/mol. The lowest BCUT2D eigenvalue weighted by Gasteiger charge is -2.64. The first-order chi connectivity index (χ1) is 18.8.